The molecular formula is C30H61NO. The molecule has 0 spiro atoms. The Hall–Kier alpha value is -0.530. The van der Waals surface area contributed by atoms with E-state index in [1.54, 1.807) is 0 Å². The first-order valence-corrected chi connectivity index (χ1v) is 14.8. The van der Waals surface area contributed by atoms with Crippen LogP contribution in [0, 0.1) is 17.8 Å². The fourth-order valence-corrected chi connectivity index (χ4v) is 5.02. The summed E-state index contributed by atoms with van der Waals surface area (Å²) in [5.74, 6) is 2.17. The minimum Gasteiger partial charge on any atom is -0.356 e. The quantitative estimate of drug-likeness (QED) is 0.145. The van der Waals surface area contributed by atoms with Crippen LogP contribution in [-0.4, -0.2) is 12.5 Å². The van der Waals surface area contributed by atoms with Crippen molar-refractivity contribution in [1.29, 1.82) is 0 Å². The first-order valence-electron chi connectivity index (χ1n) is 14.8. The summed E-state index contributed by atoms with van der Waals surface area (Å²) in [5, 5.41) is 3.29. The highest BCUT2D eigenvalue weighted by Crippen LogP contribution is 2.23. The first kappa shape index (κ1) is 31.5. The van der Waals surface area contributed by atoms with Crippen molar-refractivity contribution in [2.24, 2.45) is 17.8 Å². The lowest BCUT2D eigenvalue weighted by molar-refractivity contribution is -0.125. The number of hydrogen-bond donors (Lipinski definition) is 1. The molecule has 0 aromatic carbocycles. The van der Waals surface area contributed by atoms with Gasteiger partial charge in [0.25, 0.3) is 0 Å². The topological polar surface area (TPSA) is 29.1 Å². The average molecular weight is 452 g/mol. The maximum atomic E-state index is 12.9. The second kappa shape index (κ2) is 23.6. The minimum absolute atomic E-state index is 0.235. The number of unbranched alkanes of at least 4 members (excludes halogenated alkanes) is 10. The third-order valence-electron chi connectivity index (χ3n) is 7.27. The Kier molecular flexibility index (Phi) is 23.2. The van der Waals surface area contributed by atoms with Gasteiger partial charge in [-0.15, -0.1) is 0 Å². The Labute approximate surface area is 203 Å². The summed E-state index contributed by atoms with van der Waals surface area (Å²) in [6.45, 7) is 12.4. The normalized spacial score (nSPS) is 14.3. The Morgan fingerprint density at radius 3 is 1.59 bits per heavy atom. The lowest BCUT2D eigenvalue weighted by Crippen LogP contribution is -2.31. The summed E-state index contributed by atoms with van der Waals surface area (Å²) in [6.07, 6.45) is 25.9. The Bertz CT molecular complexity index is 394. The SMILES string of the molecule is CCCCCCCCCCCCNC(=O)C(CCCCC(C)CCC)CCC(C)CCC. The van der Waals surface area contributed by atoms with Crippen LogP contribution in [0.5, 0.6) is 0 Å². The van der Waals surface area contributed by atoms with Gasteiger partial charge in [-0.1, -0.05) is 137 Å². The molecule has 3 unspecified atom stereocenters. The van der Waals surface area contributed by atoms with Gasteiger partial charge in [0.2, 0.25) is 5.91 Å². The monoisotopic (exact) mass is 451 g/mol. The summed E-state index contributed by atoms with van der Waals surface area (Å²) in [5.41, 5.74) is 0. The highest BCUT2D eigenvalue weighted by molar-refractivity contribution is 5.78. The van der Waals surface area contributed by atoms with Crippen LogP contribution in [0.4, 0.5) is 0 Å². The van der Waals surface area contributed by atoms with Crippen LogP contribution in [0.1, 0.15) is 163 Å². The van der Waals surface area contributed by atoms with Crippen molar-refractivity contribution in [2.75, 3.05) is 6.54 Å². The molecule has 0 aliphatic carbocycles. The number of carbonyl (C=O) groups excluding carboxylic acids is 1. The largest absolute Gasteiger partial charge is 0.356 e. The van der Waals surface area contributed by atoms with E-state index in [0.717, 1.165) is 37.6 Å². The number of amides is 1. The predicted molar refractivity (Wildman–Crippen MR) is 144 cm³/mol. The molecule has 192 valence electrons. The van der Waals surface area contributed by atoms with Crippen molar-refractivity contribution in [3.05, 3.63) is 0 Å². The second-order valence-corrected chi connectivity index (χ2v) is 10.8. The number of nitrogens with one attached hydrogen (secondary N) is 1. The van der Waals surface area contributed by atoms with Gasteiger partial charge in [-0.05, 0) is 37.5 Å². The number of carbonyl (C=O) groups is 1. The van der Waals surface area contributed by atoms with E-state index in [1.165, 1.54) is 109 Å². The molecular weight excluding hydrogens is 390 g/mol. The van der Waals surface area contributed by atoms with Crippen LogP contribution >= 0.6 is 0 Å². The Morgan fingerprint density at radius 1 is 0.531 bits per heavy atom. The lowest BCUT2D eigenvalue weighted by Gasteiger charge is -2.19. The van der Waals surface area contributed by atoms with E-state index in [2.05, 4.69) is 39.9 Å². The van der Waals surface area contributed by atoms with Gasteiger partial charge in [-0.3, -0.25) is 4.79 Å². The van der Waals surface area contributed by atoms with E-state index >= 15 is 0 Å². The predicted octanol–water partition coefficient (Wildman–Crippen LogP) is 9.85. The average Bonchev–Trinajstić information content (AvgIpc) is 2.77. The van der Waals surface area contributed by atoms with E-state index in [9.17, 15) is 4.79 Å². The molecule has 2 heteroatoms. The number of rotatable bonds is 24. The maximum absolute atomic E-state index is 12.9. The smallest absolute Gasteiger partial charge is 0.223 e. The molecule has 0 rings (SSSR count). The molecule has 2 nitrogen and oxygen atoms in total. The highest BCUT2D eigenvalue weighted by atomic mass is 16.1. The molecule has 0 aliphatic rings. The summed E-state index contributed by atoms with van der Waals surface area (Å²) in [4.78, 5) is 12.9. The van der Waals surface area contributed by atoms with Gasteiger partial charge in [0, 0.05) is 12.5 Å². The Balaban J connectivity index is 4.06. The van der Waals surface area contributed by atoms with Gasteiger partial charge >= 0.3 is 0 Å². The summed E-state index contributed by atoms with van der Waals surface area (Å²) in [6, 6.07) is 0. The molecule has 1 amide bonds. The van der Waals surface area contributed by atoms with Gasteiger partial charge in [-0.25, -0.2) is 0 Å². The third-order valence-corrected chi connectivity index (χ3v) is 7.27. The molecule has 0 aromatic heterocycles. The van der Waals surface area contributed by atoms with Crippen molar-refractivity contribution < 1.29 is 4.79 Å². The molecule has 32 heavy (non-hydrogen) atoms. The molecule has 0 aliphatic heterocycles. The molecule has 0 saturated heterocycles. The zero-order chi connectivity index (χ0) is 23.9. The van der Waals surface area contributed by atoms with Crippen molar-refractivity contribution in [3.8, 4) is 0 Å². The molecule has 3 atom stereocenters. The van der Waals surface area contributed by atoms with Crippen molar-refractivity contribution in [2.45, 2.75) is 163 Å². The van der Waals surface area contributed by atoms with E-state index < -0.39 is 0 Å². The van der Waals surface area contributed by atoms with E-state index in [-0.39, 0.29) is 5.92 Å². The van der Waals surface area contributed by atoms with Crippen LogP contribution in [0.15, 0.2) is 0 Å². The van der Waals surface area contributed by atoms with Crippen LogP contribution in [0.25, 0.3) is 0 Å². The van der Waals surface area contributed by atoms with Crippen molar-refractivity contribution in [1.82, 2.24) is 5.32 Å². The van der Waals surface area contributed by atoms with Crippen LogP contribution in [0.2, 0.25) is 0 Å². The molecule has 0 saturated carbocycles. The molecule has 0 heterocycles. The van der Waals surface area contributed by atoms with E-state index in [0.29, 0.717) is 5.91 Å². The van der Waals surface area contributed by atoms with Gasteiger partial charge < -0.3 is 5.32 Å². The van der Waals surface area contributed by atoms with Gasteiger partial charge in [0.15, 0.2) is 0 Å². The van der Waals surface area contributed by atoms with Gasteiger partial charge in [0.05, 0.1) is 0 Å². The minimum atomic E-state index is 0.235. The van der Waals surface area contributed by atoms with Gasteiger partial charge in [0.1, 0.15) is 0 Å². The van der Waals surface area contributed by atoms with Crippen molar-refractivity contribution >= 4 is 5.91 Å². The molecule has 0 radical (unpaired) electrons. The van der Waals surface area contributed by atoms with Crippen LogP contribution in [-0.2, 0) is 4.79 Å². The molecule has 1 N–H and O–H groups in total. The van der Waals surface area contributed by atoms with Gasteiger partial charge in [-0.2, -0.15) is 0 Å². The Morgan fingerprint density at radius 2 is 1.03 bits per heavy atom. The zero-order valence-corrected chi connectivity index (χ0v) is 23.0. The second-order valence-electron chi connectivity index (χ2n) is 10.8. The standard InChI is InChI=1S/C30H61NO/c1-6-9-10-11-12-13-14-15-16-19-26-31-30(32)29(25-24-28(5)21-8-3)23-18-17-22-27(4)20-7-2/h27-29H,6-26H2,1-5H3,(H,31,32). The van der Waals surface area contributed by atoms with Crippen LogP contribution in [0.3, 0.4) is 0 Å². The first-order chi connectivity index (χ1) is 15.5. The molecule has 0 fully saturated rings. The van der Waals surface area contributed by atoms with Crippen LogP contribution < -0.4 is 5.32 Å². The number of hydrogen-bond acceptors (Lipinski definition) is 1. The highest BCUT2D eigenvalue weighted by Gasteiger charge is 2.19. The molecule has 0 aromatic rings. The maximum Gasteiger partial charge on any atom is 0.223 e. The summed E-state index contributed by atoms with van der Waals surface area (Å²) < 4.78 is 0. The summed E-state index contributed by atoms with van der Waals surface area (Å²) in [7, 11) is 0. The zero-order valence-electron chi connectivity index (χ0n) is 23.0. The fourth-order valence-electron chi connectivity index (χ4n) is 5.02. The summed E-state index contributed by atoms with van der Waals surface area (Å²) >= 11 is 0. The van der Waals surface area contributed by atoms with E-state index in [4.69, 9.17) is 0 Å². The van der Waals surface area contributed by atoms with Crippen molar-refractivity contribution in [3.63, 3.8) is 0 Å². The fraction of sp³-hybridized carbons (Fsp3) is 0.967. The third kappa shape index (κ3) is 20.1. The molecule has 0 bridgehead atoms. The lowest BCUT2D eigenvalue weighted by atomic mass is 9.89. The van der Waals surface area contributed by atoms with E-state index in [1.807, 2.05) is 0 Å².